The number of cyclic esters (lactones) is 1. The van der Waals surface area contributed by atoms with Crippen molar-refractivity contribution in [1.29, 1.82) is 0 Å². The van der Waals surface area contributed by atoms with Gasteiger partial charge in [0.15, 0.2) is 12.3 Å². The summed E-state index contributed by atoms with van der Waals surface area (Å²) in [6.07, 6.45) is 1.56. The summed E-state index contributed by atoms with van der Waals surface area (Å²) in [6, 6.07) is 13.5. The SMILES string of the molecule is O=C(O)COc1ccc(/C=C2\N=C(c3ccccc3Cl)OC2=O)cc1. The van der Waals surface area contributed by atoms with Crippen LogP contribution >= 0.6 is 11.6 Å². The van der Waals surface area contributed by atoms with Crippen molar-refractivity contribution in [3.05, 3.63) is 70.4 Å². The molecule has 3 rings (SSSR count). The molecule has 2 aromatic carbocycles. The molecule has 7 heteroatoms. The quantitative estimate of drug-likeness (QED) is 0.656. The molecule has 0 saturated heterocycles. The molecule has 0 aromatic heterocycles. The number of hydrogen-bond donors (Lipinski definition) is 1. The first kappa shape index (κ1) is 16.7. The number of aliphatic carboxylic acids is 1. The Morgan fingerprint density at radius 2 is 1.92 bits per heavy atom. The van der Waals surface area contributed by atoms with E-state index >= 15 is 0 Å². The minimum atomic E-state index is -1.05. The molecule has 6 nitrogen and oxygen atoms in total. The van der Waals surface area contributed by atoms with E-state index in [0.29, 0.717) is 21.9 Å². The molecular formula is C18H12ClNO5. The Labute approximate surface area is 148 Å². The second-order valence-electron chi connectivity index (χ2n) is 5.07. The molecule has 0 spiro atoms. The van der Waals surface area contributed by atoms with Gasteiger partial charge >= 0.3 is 11.9 Å². The fourth-order valence-electron chi connectivity index (χ4n) is 2.12. The van der Waals surface area contributed by atoms with Crippen LogP contribution in [0.4, 0.5) is 0 Å². The number of rotatable bonds is 5. The van der Waals surface area contributed by atoms with E-state index in [1.807, 2.05) is 0 Å². The first-order valence-electron chi connectivity index (χ1n) is 7.25. The van der Waals surface area contributed by atoms with Gasteiger partial charge in [-0.3, -0.25) is 0 Å². The Morgan fingerprint density at radius 3 is 2.60 bits per heavy atom. The Balaban J connectivity index is 1.80. The van der Waals surface area contributed by atoms with Crippen LogP contribution in [0.3, 0.4) is 0 Å². The van der Waals surface area contributed by atoms with Crippen LogP contribution in [0.15, 0.2) is 59.2 Å². The normalized spacial score (nSPS) is 15.0. The Bertz CT molecular complexity index is 887. The van der Waals surface area contributed by atoms with Crippen molar-refractivity contribution in [2.24, 2.45) is 4.99 Å². The number of nitrogens with zero attached hydrogens (tertiary/aromatic N) is 1. The van der Waals surface area contributed by atoms with E-state index in [0.717, 1.165) is 0 Å². The number of aliphatic imine (C=N–C) groups is 1. The van der Waals surface area contributed by atoms with Crippen LogP contribution in [0.2, 0.25) is 5.02 Å². The fourth-order valence-corrected chi connectivity index (χ4v) is 2.34. The lowest BCUT2D eigenvalue weighted by atomic mass is 10.2. The first-order valence-corrected chi connectivity index (χ1v) is 7.63. The van der Waals surface area contributed by atoms with Crippen LogP contribution in [-0.4, -0.2) is 29.5 Å². The third-order valence-electron chi connectivity index (χ3n) is 3.27. The zero-order valence-electron chi connectivity index (χ0n) is 12.8. The predicted molar refractivity (Wildman–Crippen MR) is 91.6 cm³/mol. The van der Waals surface area contributed by atoms with E-state index in [9.17, 15) is 9.59 Å². The zero-order valence-corrected chi connectivity index (χ0v) is 13.6. The summed E-state index contributed by atoms with van der Waals surface area (Å²) in [6.45, 7) is -0.418. The number of esters is 1. The van der Waals surface area contributed by atoms with Gasteiger partial charge in [0.1, 0.15) is 5.75 Å². The molecule has 1 heterocycles. The molecule has 0 fully saturated rings. The second-order valence-corrected chi connectivity index (χ2v) is 5.47. The van der Waals surface area contributed by atoms with Crippen LogP contribution in [0.25, 0.3) is 6.08 Å². The third-order valence-corrected chi connectivity index (χ3v) is 3.60. The number of halogens is 1. The Kier molecular flexibility index (Phi) is 4.81. The molecule has 126 valence electrons. The smallest absolute Gasteiger partial charge is 0.363 e. The zero-order chi connectivity index (χ0) is 17.8. The molecule has 1 aliphatic rings. The van der Waals surface area contributed by atoms with Gasteiger partial charge in [-0.05, 0) is 35.9 Å². The predicted octanol–water partition coefficient (Wildman–Crippen LogP) is 3.15. The number of carboxylic acids is 1. The summed E-state index contributed by atoms with van der Waals surface area (Å²) < 4.78 is 10.2. The van der Waals surface area contributed by atoms with Gasteiger partial charge in [0, 0.05) is 0 Å². The number of carboxylic acid groups (broad SMARTS) is 1. The topological polar surface area (TPSA) is 85.2 Å². The summed E-state index contributed by atoms with van der Waals surface area (Å²) in [7, 11) is 0. The largest absolute Gasteiger partial charge is 0.482 e. The summed E-state index contributed by atoms with van der Waals surface area (Å²) in [5, 5.41) is 9.02. The lowest BCUT2D eigenvalue weighted by molar-refractivity contribution is -0.139. The molecule has 1 aliphatic heterocycles. The van der Waals surface area contributed by atoms with Gasteiger partial charge in [-0.25, -0.2) is 14.6 Å². The maximum absolute atomic E-state index is 12.0. The van der Waals surface area contributed by atoms with Crippen LogP contribution in [-0.2, 0) is 14.3 Å². The molecule has 2 aromatic rings. The number of hydrogen-bond acceptors (Lipinski definition) is 5. The van der Waals surface area contributed by atoms with E-state index < -0.39 is 18.5 Å². The number of carbonyl (C=O) groups is 2. The Morgan fingerprint density at radius 1 is 1.20 bits per heavy atom. The van der Waals surface area contributed by atoms with Gasteiger partial charge in [-0.2, -0.15) is 0 Å². The van der Waals surface area contributed by atoms with Crippen molar-refractivity contribution in [3.63, 3.8) is 0 Å². The highest BCUT2D eigenvalue weighted by Gasteiger charge is 2.25. The average Bonchev–Trinajstić information content (AvgIpc) is 2.95. The van der Waals surface area contributed by atoms with E-state index in [4.69, 9.17) is 26.2 Å². The van der Waals surface area contributed by atoms with Crippen molar-refractivity contribution >= 4 is 35.5 Å². The highest BCUT2D eigenvalue weighted by Crippen LogP contribution is 2.24. The number of ether oxygens (including phenoxy) is 2. The fraction of sp³-hybridized carbons (Fsp3) is 0.0556. The lowest BCUT2D eigenvalue weighted by Gasteiger charge is -2.02. The van der Waals surface area contributed by atoms with Crippen molar-refractivity contribution in [3.8, 4) is 5.75 Å². The monoisotopic (exact) mass is 357 g/mol. The highest BCUT2D eigenvalue weighted by atomic mass is 35.5. The molecule has 0 aliphatic carbocycles. The highest BCUT2D eigenvalue weighted by molar-refractivity contribution is 6.34. The summed E-state index contributed by atoms with van der Waals surface area (Å²) in [5.74, 6) is -1.05. The molecule has 0 bridgehead atoms. The van der Waals surface area contributed by atoms with Gasteiger partial charge in [-0.1, -0.05) is 35.9 Å². The van der Waals surface area contributed by atoms with Crippen molar-refractivity contribution in [2.45, 2.75) is 0 Å². The average molecular weight is 358 g/mol. The number of carbonyl (C=O) groups excluding carboxylic acids is 1. The molecule has 25 heavy (non-hydrogen) atoms. The Hall–Kier alpha value is -3.12. The number of benzene rings is 2. The van der Waals surface area contributed by atoms with Crippen LogP contribution in [0.5, 0.6) is 5.75 Å². The van der Waals surface area contributed by atoms with Crippen LogP contribution in [0.1, 0.15) is 11.1 Å². The van der Waals surface area contributed by atoms with Crippen molar-refractivity contribution in [2.75, 3.05) is 6.61 Å². The van der Waals surface area contributed by atoms with Gasteiger partial charge in [0.2, 0.25) is 5.90 Å². The standard InChI is InChI=1S/C18H12ClNO5/c19-14-4-2-1-3-13(14)17-20-15(18(23)25-17)9-11-5-7-12(8-6-11)24-10-16(21)22/h1-9H,10H2,(H,21,22)/b15-9-. The van der Waals surface area contributed by atoms with Gasteiger partial charge < -0.3 is 14.6 Å². The van der Waals surface area contributed by atoms with E-state index in [2.05, 4.69) is 4.99 Å². The van der Waals surface area contributed by atoms with E-state index in [-0.39, 0.29) is 11.6 Å². The van der Waals surface area contributed by atoms with Gasteiger partial charge in [0.05, 0.1) is 10.6 Å². The first-order chi connectivity index (χ1) is 12.0. The minimum absolute atomic E-state index is 0.147. The maximum Gasteiger partial charge on any atom is 0.363 e. The molecule has 0 saturated carbocycles. The second kappa shape index (κ2) is 7.19. The molecule has 0 radical (unpaired) electrons. The summed E-state index contributed by atoms with van der Waals surface area (Å²) in [5.41, 5.74) is 1.38. The van der Waals surface area contributed by atoms with Crippen molar-refractivity contribution in [1.82, 2.24) is 0 Å². The van der Waals surface area contributed by atoms with Crippen molar-refractivity contribution < 1.29 is 24.2 Å². The minimum Gasteiger partial charge on any atom is -0.482 e. The molecular weight excluding hydrogens is 346 g/mol. The molecule has 0 unspecified atom stereocenters. The molecule has 1 N–H and O–H groups in total. The van der Waals surface area contributed by atoms with Crippen LogP contribution in [0, 0.1) is 0 Å². The van der Waals surface area contributed by atoms with Crippen LogP contribution < -0.4 is 4.74 Å². The molecule has 0 atom stereocenters. The lowest BCUT2D eigenvalue weighted by Crippen LogP contribution is -2.09. The maximum atomic E-state index is 12.0. The van der Waals surface area contributed by atoms with E-state index in [1.54, 1.807) is 54.6 Å². The van der Waals surface area contributed by atoms with Gasteiger partial charge in [0.25, 0.3) is 0 Å². The van der Waals surface area contributed by atoms with Gasteiger partial charge in [-0.15, -0.1) is 0 Å². The summed E-state index contributed by atoms with van der Waals surface area (Å²) in [4.78, 5) is 26.6. The third kappa shape index (κ3) is 4.05. The summed E-state index contributed by atoms with van der Waals surface area (Å²) >= 11 is 6.08. The molecule has 0 amide bonds. The van der Waals surface area contributed by atoms with E-state index in [1.165, 1.54) is 0 Å².